The molecule has 0 aliphatic heterocycles. The third-order valence-electron chi connectivity index (χ3n) is 2.72. The predicted molar refractivity (Wildman–Crippen MR) is 59.8 cm³/mol. The molecule has 0 aromatic heterocycles. The van der Waals surface area contributed by atoms with Crippen LogP contribution in [0, 0.1) is 5.92 Å². The first-order chi connectivity index (χ1) is 7.90. The Kier molecular flexibility index (Phi) is 5.69. The molecule has 1 aliphatic carbocycles. The number of halogens is 3. The fourth-order valence-corrected chi connectivity index (χ4v) is 1.79. The van der Waals surface area contributed by atoms with Gasteiger partial charge in [0.25, 0.3) is 0 Å². The molecule has 0 amide bonds. The molecule has 0 heterocycles. The van der Waals surface area contributed by atoms with Crippen molar-refractivity contribution >= 4 is 0 Å². The highest BCUT2D eigenvalue weighted by molar-refractivity contribution is 4.81. The molecule has 1 rings (SSSR count). The highest BCUT2D eigenvalue weighted by Gasteiger charge is 2.31. The van der Waals surface area contributed by atoms with Crippen LogP contribution in [0.15, 0.2) is 0 Å². The van der Waals surface area contributed by atoms with Crippen LogP contribution in [-0.2, 0) is 0 Å². The zero-order valence-corrected chi connectivity index (χ0v) is 10.1. The van der Waals surface area contributed by atoms with E-state index in [1.165, 1.54) is 17.7 Å². The topological polar surface area (TPSA) is 35.5 Å². The Hall–Kier alpha value is -0.330. The molecule has 1 aliphatic rings. The van der Waals surface area contributed by atoms with E-state index in [0.29, 0.717) is 12.6 Å². The molecular formula is C11H21F3N2O. The Morgan fingerprint density at radius 1 is 1.41 bits per heavy atom. The first-order valence-corrected chi connectivity index (χ1v) is 6.04. The average molecular weight is 254 g/mol. The summed E-state index contributed by atoms with van der Waals surface area (Å²) in [5.41, 5.74) is 0. The lowest BCUT2D eigenvalue weighted by atomic mass is 10.1. The molecule has 2 N–H and O–H groups in total. The number of aliphatic hydroxyl groups is 1. The largest absolute Gasteiger partial charge is 0.401 e. The van der Waals surface area contributed by atoms with Crippen molar-refractivity contribution in [2.45, 2.75) is 32.0 Å². The second-order valence-electron chi connectivity index (χ2n) is 4.86. The van der Waals surface area contributed by atoms with Crippen molar-refractivity contribution in [3.8, 4) is 0 Å². The number of rotatable bonds is 8. The second-order valence-corrected chi connectivity index (χ2v) is 4.86. The van der Waals surface area contributed by atoms with E-state index in [4.69, 9.17) is 5.11 Å². The third-order valence-corrected chi connectivity index (χ3v) is 2.72. The van der Waals surface area contributed by atoms with Crippen LogP contribution in [0.5, 0.6) is 0 Å². The van der Waals surface area contributed by atoms with Crippen LogP contribution < -0.4 is 5.32 Å². The summed E-state index contributed by atoms with van der Waals surface area (Å²) in [5.74, 6) is 0.157. The molecule has 3 nitrogen and oxygen atoms in total. The maximum Gasteiger partial charge on any atom is 0.401 e. The molecule has 0 radical (unpaired) electrons. The van der Waals surface area contributed by atoms with E-state index in [1.54, 1.807) is 0 Å². The lowest BCUT2D eigenvalue weighted by Crippen LogP contribution is -2.41. The molecule has 0 saturated heterocycles. The molecule has 0 bridgehead atoms. The van der Waals surface area contributed by atoms with Gasteiger partial charge in [-0.25, -0.2) is 0 Å². The fraction of sp³-hybridized carbons (Fsp3) is 1.00. The Bertz CT molecular complexity index is 219. The Morgan fingerprint density at radius 2 is 2.06 bits per heavy atom. The molecule has 0 aromatic rings. The van der Waals surface area contributed by atoms with Crippen LogP contribution in [0.4, 0.5) is 13.2 Å². The van der Waals surface area contributed by atoms with Crippen molar-refractivity contribution in [1.29, 1.82) is 0 Å². The average Bonchev–Trinajstić information content (AvgIpc) is 2.95. The van der Waals surface area contributed by atoms with Crippen LogP contribution in [0.3, 0.4) is 0 Å². The highest BCUT2D eigenvalue weighted by atomic mass is 19.4. The van der Waals surface area contributed by atoms with Crippen molar-refractivity contribution in [2.24, 2.45) is 5.92 Å². The number of nitrogens with zero attached hydrogens (tertiary/aromatic N) is 1. The molecule has 1 fully saturated rings. The zero-order chi connectivity index (χ0) is 12.9. The van der Waals surface area contributed by atoms with E-state index in [-0.39, 0.29) is 19.1 Å². The normalized spacial score (nSPS) is 18.7. The highest BCUT2D eigenvalue weighted by Crippen LogP contribution is 2.19. The maximum atomic E-state index is 12.3. The molecule has 1 atom stereocenters. The van der Waals surface area contributed by atoms with Crippen LogP contribution in [0.1, 0.15) is 19.8 Å². The zero-order valence-electron chi connectivity index (χ0n) is 10.1. The third kappa shape index (κ3) is 7.57. The molecule has 17 heavy (non-hydrogen) atoms. The van der Waals surface area contributed by atoms with Crippen LogP contribution in [-0.4, -0.2) is 55.0 Å². The molecular weight excluding hydrogens is 233 g/mol. The number of aliphatic hydroxyl groups excluding tert-OH is 1. The maximum absolute atomic E-state index is 12.3. The summed E-state index contributed by atoms with van der Waals surface area (Å²) in [6.45, 7) is 1.92. The van der Waals surface area contributed by atoms with Gasteiger partial charge >= 0.3 is 6.18 Å². The monoisotopic (exact) mass is 254 g/mol. The van der Waals surface area contributed by atoms with Gasteiger partial charge in [0.05, 0.1) is 13.2 Å². The number of hydrogen-bond donors (Lipinski definition) is 2. The minimum atomic E-state index is -4.20. The molecule has 0 aromatic carbocycles. The summed E-state index contributed by atoms with van der Waals surface area (Å²) in [6.07, 6.45) is -1.84. The summed E-state index contributed by atoms with van der Waals surface area (Å²) < 4.78 is 36.8. The SMILES string of the molecule is CC(CNC1CC1)CN(CCO)CC(F)(F)F. The minimum Gasteiger partial charge on any atom is -0.395 e. The van der Waals surface area contributed by atoms with E-state index >= 15 is 0 Å². The van der Waals surface area contributed by atoms with Gasteiger partial charge in [0.1, 0.15) is 0 Å². The van der Waals surface area contributed by atoms with Crippen molar-refractivity contribution in [3.63, 3.8) is 0 Å². The first kappa shape index (κ1) is 14.7. The van der Waals surface area contributed by atoms with Gasteiger partial charge in [0.2, 0.25) is 0 Å². The van der Waals surface area contributed by atoms with E-state index in [0.717, 1.165) is 6.54 Å². The molecule has 1 unspecified atom stereocenters. The summed E-state index contributed by atoms with van der Waals surface area (Å²) >= 11 is 0. The van der Waals surface area contributed by atoms with Crippen molar-refractivity contribution in [2.75, 3.05) is 32.8 Å². The van der Waals surface area contributed by atoms with E-state index < -0.39 is 12.7 Å². The lowest BCUT2D eigenvalue weighted by molar-refractivity contribution is -0.147. The van der Waals surface area contributed by atoms with Crippen LogP contribution >= 0.6 is 0 Å². The Labute approximate surface area is 100.0 Å². The van der Waals surface area contributed by atoms with Crippen LogP contribution in [0.2, 0.25) is 0 Å². The molecule has 1 saturated carbocycles. The van der Waals surface area contributed by atoms with Crippen molar-refractivity contribution < 1.29 is 18.3 Å². The number of nitrogens with one attached hydrogen (secondary N) is 1. The molecule has 102 valence electrons. The Balaban J connectivity index is 2.25. The van der Waals surface area contributed by atoms with Gasteiger partial charge in [0.15, 0.2) is 0 Å². The lowest BCUT2D eigenvalue weighted by Gasteiger charge is -2.26. The van der Waals surface area contributed by atoms with Gasteiger partial charge in [-0.2, -0.15) is 13.2 Å². The summed E-state index contributed by atoms with van der Waals surface area (Å²) in [7, 11) is 0. The minimum absolute atomic E-state index is 0.0767. The summed E-state index contributed by atoms with van der Waals surface area (Å²) in [6, 6.07) is 0.575. The summed E-state index contributed by atoms with van der Waals surface area (Å²) in [5, 5.41) is 12.0. The van der Waals surface area contributed by atoms with Gasteiger partial charge < -0.3 is 10.4 Å². The summed E-state index contributed by atoms with van der Waals surface area (Å²) in [4.78, 5) is 1.26. The predicted octanol–water partition coefficient (Wildman–Crippen LogP) is 1.23. The first-order valence-electron chi connectivity index (χ1n) is 6.04. The quantitative estimate of drug-likeness (QED) is 0.684. The fourth-order valence-electron chi connectivity index (χ4n) is 1.79. The smallest absolute Gasteiger partial charge is 0.395 e. The number of hydrogen-bond acceptors (Lipinski definition) is 3. The van der Waals surface area contributed by atoms with Crippen LogP contribution in [0.25, 0.3) is 0 Å². The standard InChI is InChI=1S/C11H21F3N2O/c1-9(6-15-10-2-3-10)7-16(4-5-17)8-11(12,13)14/h9-10,15,17H,2-8H2,1H3. The second kappa shape index (κ2) is 6.56. The van der Waals surface area contributed by atoms with E-state index in [2.05, 4.69) is 5.32 Å². The van der Waals surface area contributed by atoms with Crippen molar-refractivity contribution in [1.82, 2.24) is 10.2 Å². The van der Waals surface area contributed by atoms with E-state index in [1.807, 2.05) is 6.92 Å². The van der Waals surface area contributed by atoms with Gasteiger partial charge in [-0.3, -0.25) is 4.90 Å². The number of alkyl halides is 3. The molecule has 6 heteroatoms. The Morgan fingerprint density at radius 3 is 2.53 bits per heavy atom. The van der Waals surface area contributed by atoms with Gasteiger partial charge in [-0.05, 0) is 25.3 Å². The van der Waals surface area contributed by atoms with Gasteiger partial charge in [-0.1, -0.05) is 6.92 Å². The van der Waals surface area contributed by atoms with Gasteiger partial charge in [0, 0.05) is 19.1 Å². The van der Waals surface area contributed by atoms with Gasteiger partial charge in [-0.15, -0.1) is 0 Å². The van der Waals surface area contributed by atoms with Crippen molar-refractivity contribution in [3.05, 3.63) is 0 Å². The van der Waals surface area contributed by atoms with E-state index in [9.17, 15) is 13.2 Å². The molecule has 0 spiro atoms.